The van der Waals surface area contributed by atoms with Crippen molar-refractivity contribution in [2.24, 2.45) is 0 Å². The van der Waals surface area contributed by atoms with Gasteiger partial charge in [0.15, 0.2) is 5.82 Å². The summed E-state index contributed by atoms with van der Waals surface area (Å²) in [6.07, 6.45) is 3.97. The Bertz CT molecular complexity index is 522. The molecule has 1 aliphatic rings. The van der Waals surface area contributed by atoms with Crippen molar-refractivity contribution < 1.29 is 9.53 Å². The molecule has 7 nitrogen and oxygen atoms in total. The fourth-order valence-corrected chi connectivity index (χ4v) is 2.75. The van der Waals surface area contributed by atoms with E-state index in [9.17, 15) is 4.79 Å². The molecule has 1 aliphatic heterocycles. The number of anilines is 3. The molecule has 0 saturated carbocycles. The third kappa shape index (κ3) is 3.02. The fourth-order valence-electron chi connectivity index (χ4n) is 2.75. The minimum Gasteiger partial charge on any atom is -0.397 e. The van der Waals surface area contributed by atoms with Crippen LogP contribution in [0.3, 0.4) is 0 Å². The second kappa shape index (κ2) is 6.17. The summed E-state index contributed by atoms with van der Waals surface area (Å²) >= 11 is 0. The number of rotatable bonds is 3. The van der Waals surface area contributed by atoms with Gasteiger partial charge in [0.2, 0.25) is 5.91 Å². The largest absolute Gasteiger partial charge is 0.397 e. The molecule has 2 unspecified atom stereocenters. The SMILES string of the molecule is COC1CCCC(N(C)C(C)=O)N1c1ncc(N)cc1N. The Labute approximate surface area is 124 Å². The smallest absolute Gasteiger partial charge is 0.220 e. The molecular formula is C14H23N5O2. The third-order valence-corrected chi connectivity index (χ3v) is 3.92. The van der Waals surface area contributed by atoms with Crippen molar-refractivity contribution in [2.75, 3.05) is 30.5 Å². The van der Waals surface area contributed by atoms with Gasteiger partial charge in [-0.15, -0.1) is 0 Å². The molecule has 0 radical (unpaired) electrons. The van der Waals surface area contributed by atoms with Gasteiger partial charge in [0.25, 0.3) is 0 Å². The van der Waals surface area contributed by atoms with Crippen LogP contribution in [0.5, 0.6) is 0 Å². The maximum atomic E-state index is 11.7. The molecule has 0 spiro atoms. The van der Waals surface area contributed by atoms with Crippen molar-refractivity contribution in [3.63, 3.8) is 0 Å². The lowest BCUT2D eigenvalue weighted by Gasteiger charge is -2.45. The van der Waals surface area contributed by atoms with Crippen LogP contribution in [0.2, 0.25) is 0 Å². The summed E-state index contributed by atoms with van der Waals surface area (Å²) < 4.78 is 5.56. The topological polar surface area (TPSA) is 97.7 Å². The monoisotopic (exact) mass is 293 g/mol. The van der Waals surface area contributed by atoms with Crippen LogP contribution >= 0.6 is 0 Å². The number of methoxy groups -OCH3 is 1. The van der Waals surface area contributed by atoms with Crippen LogP contribution in [0.1, 0.15) is 26.2 Å². The van der Waals surface area contributed by atoms with E-state index in [2.05, 4.69) is 4.98 Å². The Balaban J connectivity index is 2.42. The molecule has 116 valence electrons. The van der Waals surface area contributed by atoms with Gasteiger partial charge in [0.05, 0.1) is 17.6 Å². The number of hydrogen-bond acceptors (Lipinski definition) is 6. The van der Waals surface area contributed by atoms with Gasteiger partial charge in [0, 0.05) is 21.1 Å². The molecular weight excluding hydrogens is 270 g/mol. The number of amides is 1. The van der Waals surface area contributed by atoms with Crippen LogP contribution in [0.25, 0.3) is 0 Å². The number of pyridine rings is 1. The second-order valence-electron chi connectivity index (χ2n) is 5.32. The molecule has 2 rings (SSSR count). The van der Waals surface area contributed by atoms with Gasteiger partial charge in [-0.3, -0.25) is 4.79 Å². The molecule has 1 aromatic heterocycles. The standard InChI is InChI=1S/C14H23N5O2/c1-9(20)18(2)12-5-4-6-13(21-3)19(12)14-11(16)7-10(15)8-17-14/h7-8,12-13H,4-6,15-16H2,1-3H3. The zero-order chi connectivity index (χ0) is 15.6. The molecule has 4 N–H and O–H groups in total. The van der Waals surface area contributed by atoms with Gasteiger partial charge in [-0.2, -0.15) is 0 Å². The summed E-state index contributed by atoms with van der Waals surface area (Å²) in [7, 11) is 3.44. The predicted molar refractivity (Wildman–Crippen MR) is 82.4 cm³/mol. The minimum atomic E-state index is -0.163. The first-order chi connectivity index (χ1) is 9.95. The summed E-state index contributed by atoms with van der Waals surface area (Å²) in [5.74, 6) is 0.601. The van der Waals surface area contributed by atoms with Crippen molar-refractivity contribution in [1.82, 2.24) is 9.88 Å². The van der Waals surface area contributed by atoms with E-state index in [4.69, 9.17) is 16.2 Å². The maximum Gasteiger partial charge on any atom is 0.220 e. The number of aromatic nitrogens is 1. The average Bonchev–Trinajstić information content (AvgIpc) is 2.46. The number of ether oxygens (including phenoxy) is 1. The van der Waals surface area contributed by atoms with Gasteiger partial charge in [-0.05, 0) is 25.3 Å². The van der Waals surface area contributed by atoms with Crippen LogP contribution in [0.15, 0.2) is 12.3 Å². The maximum absolute atomic E-state index is 11.7. The third-order valence-electron chi connectivity index (χ3n) is 3.92. The lowest BCUT2D eigenvalue weighted by atomic mass is 10.0. The first kappa shape index (κ1) is 15.4. The van der Waals surface area contributed by atoms with E-state index < -0.39 is 0 Å². The highest BCUT2D eigenvalue weighted by Crippen LogP contribution is 2.33. The van der Waals surface area contributed by atoms with Gasteiger partial charge in [-0.25, -0.2) is 4.98 Å². The van der Waals surface area contributed by atoms with Crippen molar-refractivity contribution >= 4 is 23.1 Å². The fraction of sp³-hybridized carbons (Fsp3) is 0.571. The summed E-state index contributed by atoms with van der Waals surface area (Å²) in [5, 5.41) is 0. The first-order valence-corrected chi connectivity index (χ1v) is 7.01. The molecule has 0 bridgehead atoms. The summed E-state index contributed by atoms with van der Waals surface area (Å²) in [4.78, 5) is 19.8. The number of carbonyl (C=O) groups excluding carboxylic acids is 1. The lowest BCUT2D eigenvalue weighted by molar-refractivity contribution is -0.130. The highest BCUT2D eigenvalue weighted by Gasteiger charge is 2.35. The van der Waals surface area contributed by atoms with E-state index in [1.165, 1.54) is 0 Å². The Morgan fingerprint density at radius 2 is 2.19 bits per heavy atom. The number of hydrogen-bond donors (Lipinski definition) is 2. The highest BCUT2D eigenvalue weighted by molar-refractivity contribution is 5.74. The predicted octanol–water partition coefficient (Wildman–Crippen LogP) is 1.01. The van der Waals surface area contributed by atoms with E-state index >= 15 is 0 Å². The van der Waals surface area contributed by atoms with Crippen molar-refractivity contribution in [3.05, 3.63) is 12.3 Å². The van der Waals surface area contributed by atoms with E-state index in [1.54, 1.807) is 38.2 Å². The summed E-state index contributed by atoms with van der Waals surface area (Å²) in [5.41, 5.74) is 12.8. The van der Waals surface area contributed by atoms with Gasteiger partial charge in [-0.1, -0.05) is 0 Å². The van der Waals surface area contributed by atoms with E-state index in [0.717, 1.165) is 19.3 Å². The lowest BCUT2D eigenvalue weighted by Crippen LogP contribution is -2.56. The molecule has 1 amide bonds. The van der Waals surface area contributed by atoms with Crippen LogP contribution in [-0.2, 0) is 9.53 Å². The van der Waals surface area contributed by atoms with Gasteiger partial charge < -0.3 is 26.0 Å². The number of nitrogen functional groups attached to an aromatic ring is 2. The minimum absolute atomic E-state index is 0.00392. The molecule has 1 saturated heterocycles. The molecule has 7 heteroatoms. The first-order valence-electron chi connectivity index (χ1n) is 7.01. The van der Waals surface area contributed by atoms with E-state index in [1.807, 2.05) is 4.90 Å². The molecule has 2 heterocycles. The molecule has 21 heavy (non-hydrogen) atoms. The molecule has 2 atom stereocenters. The summed E-state index contributed by atoms with van der Waals surface area (Å²) in [6, 6.07) is 1.68. The Morgan fingerprint density at radius 3 is 2.76 bits per heavy atom. The molecule has 0 aromatic carbocycles. The Kier molecular flexibility index (Phi) is 4.52. The van der Waals surface area contributed by atoms with Crippen LogP contribution in [0, 0.1) is 0 Å². The average molecular weight is 293 g/mol. The highest BCUT2D eigenvalue weighted by atomic mass is 16.5. The van der Waals surface area contributed by atoms with Gasteiger partial charge in [0.1, 0.15) is 12.4 Å². The zero-order valence-electron chi connectivity index (χ0n) is 12.7. The molecule has 0 aliphatic carbocycles. The molecule has 1 fully saturated rings. The van der Waals surface area contributed by atoms with E-state index in [-0.39, 0.29) is 18.3 Å². The van der Waals surface area contributed by atoms with Gasteiger partial charge >= 0.3 is 0 Å². The number of piperidine rings is 1. The quantitative estimate of drug-likeness (QED) is 0.863. The molecule has 1 aromatic rings. The number of nitrogens with zero attached hydrogens (tertiary/aromatic N) is 3. The van der Waals surface area contributed by atoms with E-state index in [0.29, 0.717) is 17.2 Å². The zero-order valence-corrected chi connectivity index (χ0v) is 12.7. The van der Waals surface area contributed by atoms with Crippen molar-refractivity contribution in [2.45, 2.75) is 38.6 Å². The number of nitrogens with two attached hydrogens (primary N) is 2. The Morgan fingerprint density at radius 1 is 1.48 bits per heavy atom. The van der Waals surface area contributed by atoms with Crippen molar-refractivity contribution in [3.8, 4) is 0 Å². The van der Waals surface area contributed by atoms with Crippen molar-refractivity contribution in [1.29, 1.82) is 0 Å². The number of carbonyl (C=O) groups is 1. The second-order valence-corrected chi connectivity index (χ2v) is 5.32. The van der Waals surface area contributed by atoms with Crippen LogP contribution in [-0.4, -0.2) is 42.3 Å². The normalized spacial score (nSPS) is 22.1. The Hall–Kier alpha value is -2.02. The van der Waals surface area contributed by atoms with Crippen LogP contribution in [0.4, 0.5) is 17.2 Å². The summed E-state index contributed by atoms with van der Waals surface area (Å²) in [6.45, 7) is 1.55. The van der Waals surface area contributed by atoms with Crippen LogP contribution < -0.4 is 16.4 Å².